The summed E-state index contributed by atoms with van der Waals surface area (Å²) in [5.74, 6) is 0. The van der Waals surface area contributed by atoms with Gasteiger partial charge in [-0.2, -0.15) is 0 Å². The Bertz CT molecular complexity index is 237. The normalized spacial score (nSPS) is 17.6. The summed E-state index contributed by atoms with van der Waals surface area (Å²) >= 11 is 0. The molecule has 0 aromatic rings. The van der Waals surface area contributed by atoms with Crippen LogP contribution >= 0.6 is 0 Å². The molecule has 0 aliphatic heterocycles. The van der Waals surface area contributed by atoms with Crippen molar-refractivity contribution in [3.05, 3.63) is 0 Å². The lowest BCUT2D eigenvalue weighted by molar-refractivity contribution is 0.125. The zero-order valence-corrected chi connectivity index (χ0v) is 19.7. The Kier molecular flexibility index (Phi) is 11.9. The van der Waals surface area contributed by atoms with Gasteiger partial charge in [0.15, 0.2) is 9.04 Å². The Morgan fingerprint density at radius 2 is 1.45 bits per heavy atom. The van der Waals surface area contributed by atoms with Crippen LogP contribution in [0.4, 0.5) is 0 Å². The molecule has 0 saturated heterocycles. The highest BCUT2D eigenvalue weighted by Gasteiger charge is 2.38. The quantitative estimate of drug-likeness (QED) is 0.452. The van der Waals surface area contributed by atoms with E-state index in [-0.39, 0.29) is 9.76 Å². The molecule has 0 radical (unpaired) electrons. The van der Waals surface area contributed by atoms with Crippen LogP contribution in [0.15, 0.2) is 0 Å². The van der Waals surface area contributed by atoms with E-state index in [9.17, 15) is 0 Å². The van der Waals surface area contributed by atoms with Crippen molar-refractivity contribution in [3.8, 4) is 0 Å². The smallest absolute Gasteiger partial charge is 0.444 e. The Labute approximate surface area is 131 Å². The van der Waals surface area contributed by atoms with E-state index in [1.807, 2.05) is 0 Å². The number of hydrogen-bond acceptors (Lipinski definition) is 6. The molecule has 0 aliphatic rings. The predicted octanol–water partition coefficient (Wildman–Crippen LogP) is 0.100. The van der Waals surface area contributed by atoms with Crippen molar-refractivity contribution in [2.75, 3.05) is 21.3 Å². The van der Waals surface area contributed by atoms with E-state index in [0.717, 1.165) is 12.1 Å². The summed E-state index contributed by atoms with van der Waals surface area (Å²) in [4.78, 5) is 0. The summed E-state index contributed by atoms with van der Waals surface area (Å²) in [6.07, 6.45) is 0. The molecular formula is C9H30O6Si5. The minimum atomic E-state index is -2.46. The van der Waals surface area contributed by atoms with Gasteiger partial charge in [-0.1, -0.05) is 6.55 Å². The fourth-order valence-electron chi connectivity index (χ4n) is 1.91. The highest BCUT2D eigenvalue weighted by Crippen LogP contribution is 2.17. The fraction of sp³-hybridized carbons (Fsp3) is 1.00. The maximum atomic E-state index is 6.08. The highest BCUT2D eigenvalue weighted by atomic mass is 28.4. The van der Waals surface area contributed by atoms with Crippen molar-refractivity contribution >= 4 is 46.2 Å². The molecule has 0 spiro atoms. The maximum absolute atomic E-state index is 6.08. The lowest BCUT2D eigenvalue weighted by atomic mass is 10.9. The topological polar surface area (TPSA) is 55.4 Å². The number of hydrogen-bond donors (Lipinski definition) is 0. The van der Waals surface area contributed by atoms with E-state index in [0.29, 0.717) is 0 Å². The molecule has 0 rings (SSSR count). The summed E-state index contributed by atoms with van der Waals surface area (Å²) in [5.41, 5.74) is 0. The van der Waals surface area contributed by atoms with Crippen LogP contribution < -0.4 is 0 Å². The molecule has 0 aromatic carbocycles. The third-order valence-corrected chi connectivity index (χ3v) is 17.1. The minimum absolute atomic E-state index is 0.371. The van der Waals surface area contributed by atoms with Crippen molar-refractivity contribution in [2.45, 2.75) is 38.3 Å². The van der Waals surface area contributed by atoms with Gasteiger partial charge in [-0.15, -0.1) is 0 Å². The van der Waals surface area contributed by atoms with Gasteiger partial charge in [0.05, 0.1) is 0 Å². The molecule has 0 aliphatic carbocycles. The van der Waals surface area contributed by atoms with Crippen LogP contribution in [0, 0.1) is 0 Å². The van der Waals surface area contributed by atoms with E-state index >= 15 is 0 Å². The molecule has 0 saturated carbocycles. The van der Waals surface area contributed by atoms with Gasteiger partial charge in [-0.05, 0) is 25.7 Å². The van der Waals surface area contributed by atoms with Crippen LogP contribution in [0.5, 0.6) is 0 Å². The van der Waals surface area contributed by atoms with Gasteiger partial charge in [-0.25, -0.2) is 0 Å². The van der Waals surface area contributed by atoms with Crippen LogP contribution in [0.2, 0.25) is 38.3 Å². The van der Waals surface area contributed by atoms with Gasteiger partial charge < -0.3 is 25.6 Å². The van der Waals surface area contributed by atoms with Crippen LogP contribution in [-0.4, -0.2) is 67.5 Å². The van der Waals surface area contributed by atoms with Gasteiger partial charge in [0.25, 0.3) is 18.6 Å². The second-order valence-corrected chi connectivity index (χ2v) is 16.2. The second kappa shape index (κ2) is 11.4. The first-order chi connectivity index (χ1) is 9.42. The van der Waals surface area contributed by atoms with Gasteiger partial charge >= 0.3 is 8.80 Å². The first-order valence-corrected chi connectivity index (χ1v) is 17.6. The second-order valence-electron chi connectivity index (χ2n) is 4.51. The summed E-state index contributed by atoms with van der Waals surface area (Å²) in [6, 6.07) is 1.78. The van der Waals surface area contributed by atoms with Crippen molar-refractivity contribution in [1.82, 2.24) is 0 Å². The van der Waals surface area contributed by atoms with E-state index in [4.69, 9.17) is 25.6 Å². The zero-order chi connectivity index (χ0) is 15.6. The van der Waals surface area contributed by atoms with Crippen molar-refractivity contribution in [1.29, 1.82) is 0 Å². The molecule has 3 atom stereocenters. The molecule has 6 nitrogen and oxygen atoms in total. The van der Waals surface area contributed by atoms with Crippen LogP contribution in [-0.2, 0) is 25.6 Å². The molecule has 0 N–H and O–H groups in total. The molecule has 0 amide bonds. The van der Waals surface area contributed by atoms with Crippen molar-refractivity contribution in [3.63, 3.8) is 0 Å². The fourth-order valence-corrected chi connectivity index (χ4v) is 15.1. The molecule has 20 heavy (non-hydrogen) atoms. The predicted molar refractivity (Wildman–Crippen MR) is 93.1 cm³/mol. The molecule has 0 heterocycles. The van der Waals surface area contributed by atoms with Crippen LogP contribution in [0.1, 0.15) is 0 Å². The van der Waals surface area contributed by atoms with Crippen LogP contribution in [0.3, 0.4) is 0 Å². The van der Waals surface area contributed by atoms with E-state index in [1.165, 1.54) is 0 Å². The largest absolute Gasteiger partial charge is 0.499 e. The first-order valence-electron chi connectivity index (χ1n) is 7.01. The lowest BCUT2D eigenvalue weighted by Crippen LogP contribution is -2.44. The Hall–Kier alpha value is 0.844. The van der Waals surface area contributed by atoms with Crippen molar-refractivity contribution in [2.24, 2.45) is 0 Å². The van der Waals surface area contributed by atoms with E-state index in [2.05, 4.69) is 26.2 Å². The van der Waals surface area contributed by atoms with Gasteiger partial charge in [0.1, 0.15) is 9.76 Å². The SMILES string of the molecule is CO[Si](CC[SiH](C)O[SiH](C)O[SiH](C)O[SiH2]C)(OC)OC. The monoisotopic (exact) mass is 374 g/mol. The van der Waals surface area contributed by atoms with Gasteiger partial charge in [0.2, 0.25) is 0 Å². The summed E-state index contributed by atoms with van der Waals surface area (Å²) in [6.45, 7) is 8.48. The molecule has 0 bridgehead atoms. The minimum Gasteiger partial charge on any atom is -0.444 e. The molecule has 3 unspecified atom stereocenters. The standard InChI is InChI=1S/C9H30O6Si5/c1-10-20(11-2,12-3)9-8-17(5)14-19(7)15-18(6)13-16-4/h17-19H,8-9,16H2,1-7H3. The summed E-state index contributed by atoms with van der Waals surface area (Å²) in [7, 11) is -2.15. The first kappa shape index (κ1) is 20.8. The van der Waals surface area contributed by atoms with E-state index < -0.39 is 36.4 Å². The lowest BCUT2D eigenvalue weighted by Gasteiger charge is -2.26. The van der Waals surface area contributed by atoms with Crippen molar-refractivity contribution < 1.29 is 25.6 Å². The average molecular weight is 375 g/mol. The van der Waals surface area contributed by atoms with Gasteiger partial charge in [0, 0.05) is 27.4 Å². The Morgan fingerprint density at radius 1 is 0.900 bits per heavy atom. The third kappa shape index (κ3) is 8.33. The summed E-state index contributed by atoms with van der Waals surface area (Å²) in [5, 5.41) is 0. The zero-order valence-electron chi connectivity index (χ0n) is 13.8. The third-order valence-electron chi connectivity index (χ3n) is 3.00. The molecule has 11 heteroatoms. The molecule has 122 valence electrons. The molecule has 0 fully saturated rings. The number of rotatable bonds is 12. The van der Waals surface area contributed by atoms with Crippen LogP contribution in [0.25, 0.3) is 0 Å². The highest BCUT2D eigenvalue weighted by molar-refractivity contribution is 6.68. The molecular weight excluding hydrogens is 345 g/mol. The molecule has 0 aromatic heterocycles. The van der Waals surface area contributed by atoms with Gasteiger partial charge in [-0.3, -0.25) is 0 Å². The summed E-state index contributed by atoms with van der Waals surface area (Å²) < 4.78 is 33.9. The Balaban J connectivity index is 4.06. The maximum Gasteiger partial charge on any atom is 0.499 e. The Morgan fingerprint density at radius 3 is 1.90 bits per heavy atom. The van der Waals surface area contributed by atoms with E-state index in [1.54, 1.807) is 21.3 Å². The average Bonchev–Trinajstić information content (AvgIpc) is 2.41.